The topological polar surface area (TPSA) is 297 Å². The van der Waals surface area contributed by atoms with E-state index in [0.29, 0.717) is 78.3 Å². The molecule has 400 valence electrons. The first-order valence-corrected chi connectivity index (χ1v) is 25.3. The Bertz CT molecular complexity index is 1770. The first-order chi connectivity index (χ1) is 33.7. The van der Waals surface area contributed by atoms with E-state index in [0.717, 1.165) is 30.1 Å². The van der Waals surface area contributed by atoms with E-state index < -0.39 is 71.0 Å². The number of amides is 3. The average Bonchev–Trinajstić information content (AvgIpc) is 3.35. The number of hydrogen-bond donors (Lipinski definition) is 4. The van der Waals surface area contributed by atoms with Gasteiger partial charge in [0.25, 0.3) is 22.4 Å². The number of esters is 2. The second-order valence-electron chi connectivity index (χ2n) is 15.3. The van der Waals surface area contributed by atoms with Crippen LogP contribution in [-0.4, -0.2) is 209 Å². The van der Waals surface area contributed by atoms with Crippen LogP contribution in [0.5, 0.6) is 5.75 Å². The predicted molar refractivity (Wildman–Crippen MR) is 252 cm³/mol. The lowest BCUT2D eigenvalue weighted by atomic mass is 10.2. The highest BCUT2D eigenvalue weighted by molar-refractivity contribution is 7.99. The SMILES string of the molecule is CCOc1c(NCCSCCCOCCOCCOCCOCCCSCCNC(=O)OC(CCNC(=O)OC2COC(C)(C(=O)OC)OC2)CNC(=O)OC2COC(C)(C(=O)OC)OC2)c(=O)c1=O. The van der Waals surface area contributed by atoms with Gasteiger partial charge in [0.05, 0.1) is 93.4 Å². The fourth-order valence-corrected chi connectivity index (χ4v) is 7.57. The summed E-state index contributed by atoms with van der Waals surface area (Å²) in [6, 6.07) is 0. The lowest BCUT2D eigenvalue weighted by Crippen LogP contribution is -2.52. The van der Waals surface area contributed by atoms with E-state index in [-0.39, 0.29) is 57.4 Å². The molecule has 0 aliphatic carbocycles. The standard InChI is InChI=1S/C43H70N4O21S2/c1-6-61-36-33(34(48)35(36)49)44-11-23-69-21-7-13-57-15-17-59-19-20-60-18-16-58-14-8-22-70-24-12-46-40(53)66-30(25-47-41(54)68-32-28-64-43(3,65-29-32)38(51)56-5)9-10-45-39(52)67-31-26-62-42(2,63-27-31)37(50)55-4/h30-32,44H,6-29H2,1-5H3,(H,45,52)(H,46,53)(H,47,54). The number of thioether (sulfide) groups is 2. The molecule has 0 spiro atoms. The first kappa shape index (κ1) is 60.1. The van der Waals surface area contributed by atoms with Gasteiger partial charge in [-0.2, -0.15) is 23.5 Å². The Morgan fingerprint density at radius 1 is 0.614 bits per heavy atom. The third kappa shape index (κ3) is 22.9. The second-order valence-corrected chi connectivity index (χ2v) is 17.8. The molecule has 1 unspecified atom stereocenters. The van der Waals surface area contributed by atoms with E-state index in [1.807, 2.05) is 0 Å². The number of alkyl carbamates (subject to hydrolysis) is 3. The van der Waals surface area contributed by atoms with Crippen LogP contribution in [0.25, 0.3) is 0 Å². The Labute approximate surface area is 415 Å². The average molecular weight is 1040 g/mol. The Morgan fingerprint density at radius 2 is 1.07 bits per heavy atom. The molecule has 0 bridgehead atoms. The molecule has 2 saturated heterocycles. The molecule has 25 nitrogen and oxygen atoms in total. The monoisotopic (exact) mass is 1040 g/mol. The van der Waals surface area contributed by atoms with Gasteiger partial charge in [0.15, 0.2) is 18.0 Å². The summed E-state index contributed by atoms with van der Waals surface area (Å²) in [6.45, 7) is 8.95. The molecule has 0 saturated carbocycles. The molecule has 2 fully saturated rings. The van der Waals surface area contributed by atoms with E-state index in [1.54, 1.807) is 30.4 Å². The van der Waals surface area contributed by atoms with Crippen LogP contribution >= 0.6 is 23.5 Å². The summed E-state index contributed by atoms with van der Waals surface area (Å²) in [6.07, 6.45) is -3.23. The second kappa shape index (κ2) is 34.2. The van der Waals surface area contributed by atoms with Crippen LogP contribution in [-0.2, 0) is 71.2 Å². The minimum absolute atomic E-state index is 0.0226. The highest BCUT2D eigenvalue weighted by Gasteiger charge is 2.43. The molecule has 2 aliphatic rings. The number of hydrogen-bond acceptors (Lipinski definition) is 24. The molecule has 1 aromatic carbocycles. The van der Waals surface area contributed by atoms with Crippen molar-refractivity contribution in [3.05, 3.63) is 20.4 Å². The van der Waals surface area contributed by atoms with Crippen molar-refractivity contribution in [3.8, 4) is 5.75 Å². The maximum Gasteiger partial charge on any atom is 0.407 e. The quantitative estimate of drug-likeness (QED) is 0.0315. The Hall–Kier alpha value is -4.19. The molecule has 3 amide bonds. The number of ether oxygens (including phenoxy) is 14. The molecule has 1 atom stereocenters. The van der Waals surface area contributed by atoms with Crippen LogP contribution in [0, 0.1) is 0 Å². The summed E-state index contributed by atoms with van der Waals surface area (Å²) < 4.78 is 74.6. The van der Waals surface area contributed by atoms with Crippen LogP contribution in [0.2, 0.25) is 0 Å². The maximum absolute atomic E-state index is 12.7. The molecule has 70 heavy (non-hydrogen) atoms. The highest BCUT2D eigenvalue weighted by Crippen LogP contribution is 2.23. The summed E-state index contributed by atoms with van der Waals surface area (Å²) in [5.41, 5.74) is -0.813. The molecule has 0 radical (unpaired) electrons. The van der Waals surface area contributed by atoms with Crippen molar-refractivity contribution in [1.82, 2.24) is 16.0 Å². The van der Waals surface area contributed by atoms with Crippen molar-refractivity contribution in [2.45, 2.75) is 69.9 Å². The van der Waals surface area contributed by atoms with Crippen LogP contribution in [0.15, 0.2) is 9.59 Å². The van der Waals surface area contributed by atoms with Crippen molar-refractivity contribution >= 4 is 59.4 Å². The summed E-state index contributed by atoms with van der Waals surface area (Å²) in [5.74, 6) is -1.48. The van der Waals surface area contributed by atoms with Crippen molar-refractivity contribution in [1.29, 1.82) is 0 Å². The van der Waals surface area contributed by atoms with E-state index >= 15 is 0 Å². The fraction of sp³-hybridized carbons (Fsp3) is 0.791. The Morgan fingerprint density at radius 3 is 1.56 bits per heavy atom. The third-order valence-electron chi connectivity index (χ3n) is 9.81. The number of rotatable bonds is 36. The molecular weight excluding hydrogens is 973 g/mol. The summed E-state index contributed by atoms with van der Waals surface area (Å²) in [7, 11) is 2.38. The first-order valence-electron chi connectivity index (χ1n) is 23.0. The van der Waals surface area contributed by atoms with Crippen LogP contribution < -0.4 is 36.9 Å². The van der Waals surface area contributed by atoms with Gasteiger partial charge in [0.1, 0.15) is 11.8 Å². The highest BCUT2D eigenvalue weighted by atomic mass is 32.2. The van der Waals surface area contributed by atoms with E-state index in [2.05, 4.69) is 30.7 Å². The van der Waals surface area contributed by atoms with E-state index in [9.17, 15) is 33.6 Å². The van der Waals surface area contributed by atoms with Gasteiger partial charge in [0, 0.05) is 64.6 Å². The van der Waals surface area contributed by atoms with Crippen molar-refractivity contribution in [2.75, 3.05) is 155 Å². The number of carbonyl (C=O) groups excluding carboxylic acids is 5. The summed E-state index contributed by atoms with van der Waals surface area (Å²) >= 11 is 3.35. The van der Waals surface area contributed by atoms with Crippen molar-refractivity contribution < 1.29 is 90.3 Å². The van der Waals surface area contributed by atoms with E-state index in [1.165, 1.54) is 28.1 Å². The zero-order valence-corrected chi connectivity index (χ0v) is 42.2. The lowest BCUT2D eigenvalue weighted by Gasteiger charge is -2.34. The fourth-order valence-electron chi connectivity index (χ4n) is 6.02. The molecule has 0 aromatic heterocycles. The van der Waals surface area contributed by atoms with Gasteiger partial charge in [-0.3, -0.25) is 9.59 Å². The third-order valence-corrected chi connectivity index (χ3v) is 12.0. The minimum Gasteiger partial charge on any atom is -0.488 e. The molecule has 2 aliphatic heterocycles. The van der Waals surface area contributed by atoms with Crippen molar-refractivity contribution in [2.24, 2.45) is 0 Å². The van der Waals surface area contributed by atoms with Gasteiger partial charge < -0.3 is 87.6 Å². The van der Waals surface area contributed by atoms with Crippen LogP contribution in [0.1, 0.15) is 40.0 Å². The molecule has 27 heteroatoms. The smallest absolute Gasteiger partial charge is 0.407 e. The lowest BCUT2D eigenvalue weighted by molar-refractivity contribution is -0.279. The van der Waals surface area contributed by atoms with Gasteiger partial charge >= 0.3 is 30.2 Å². The molecule has 4 N–H and O–H groups in total. The van der Waals surface area contributed by atoms with Crippen LogP contribution in [0.3, 0.4) is 0 Å². The van der Waals surface area contributed by atoms with Gasteiger partial charge in [-0.25, -0.2) is 24.0 Å². The van der Waals surface area contributed by atoms with Gasteiger partial charge in [-0.1, -0.05) is 0 Å². The summed E-state index contributed by atoms with van der Waals surface area (Å²) in [5, 5.41) is 10.7. The maximum atomic E-state index is 12.7. The van der Waals surface area contributed by atoms with Gasteiger partial charge in [-0.15, -0.1) is 0 Å². The van der Waals surface area contributed by atoms with E-state index in [4.69, 9.17) is 56.8 Å². The predicted octanol–water partition coefficient (Wildman–Crippen LogP) is 0.953. The number of carbonyl (C=O) groups is 5. The van der Waals surface area contributed by atoms with Crippen LogP contribution in [0.4, 0.5) is 20.1 Å². The Kier molecular flexibility index (Phi) is 29.4. The van der Waals surface area contributed by atoms with Gasteiger partial charge in [0.2, 0.25) is 0 Å². The van der Waals surface area contributed by atoms with Crippen molar-refractivity contribution in [3.63, 3.8) is 0 Å². The molecule has 3 rings (SSSR count). The number of nitrogens with one attached hydrogen (secondary N) is 4. The summed E-state index contributed by atoms with van der Waals surface area (Å²) in [4.78, 5) is 84.7. The molecule has 1 aromatic rings. The number of anilines is 1. The van der Waals surface area contributed by atoms with Gasteiger partial charge in [-0.05, 0) is 31.3 Å². The molecular formula is C43H70N4O21S2. The zero-order valence-electron chi connectivity index (χ0n) is 40.6. The molecule has 2 heterocycles. The normalized spacial score (nSPS) is 20.4. The minimum atomic E-state index is -1.63. The Balaban J connectivity index is 1.18. The largest absolute Gasteiger partial charge is 0.488 e. The zero-order chi connectivity index (χ0) is 51.0. The number of methoxy groups -OCH3 is 2.